The van der Waals surface area contributed by atoms with Crippen LogP contribution in [0.4, 0.5) is 5.69 Å². The number of rotatable bonds is 4. The molecule has 0 aliphatic heterocycles. The van der Waals surface area contributed by atoms with Gasteiger partial charge < -0.3 is 19.0 Å². The molecule has 7 nitrogen and oxygen atoms in total. The van der Waals surface area contributed by atoms with Crippen LogP contribution >= 0.6 is 0 Å². The van der Waals surface area contributed by atoms with Gasteiger partial charge in [-0.05, 0) is 24.1 Å². The van der Waals surface area contributed by atoms with E-state index in [0.29, 0.717) is 28.3 Å². The van der Waals surface area contributed by atoms with Crippen molar-refractivity contribution in [1.29, 1.82) is 0 Å². The van der Waals surface area contributed by atoms with Gasteiger partial charge in [0.05, 0.1) is 29.4 Å². The molecule has 0 atom stereocenters. The average Bonchev–Trinajstić information content (AvgIpc) is 3.33. The number of hydrogen-bond donors (Lipinski definition) is 1. The zero-order chi connectivity index (χ0) is 20.8. The van der Waals surface area contributed by atoms with Crippen LogP contribution in [0.1, 0.15) is 35.8 Å². The lowest BCUT2D eigenvalue weighted by Crippen LogP contribution is -2.13. The van der Waals surface area contributed by atoms with Gasteiger partial charge in [-0.1, -0.05) is 37.2 Å². The second-order valence-electron chi connectivity index (χ2n) is 7.40. The normalized spacial score (nSPS) is 11.6. The highest BCUT2D eigenvalue weighted by molar-refractivity contribution is 6.10. The highest BCUT2D eigenvalue weighted by Crippen LogP contribution is 2.36. The Labute approximate surface area is 171 Å². The summed E-state index contributed by atoms with van der Waals surface area (Å²) in [7, 11) is 1.57. The molecule has 0 radical (unpaired) electrons. The van der Waals surface area contributed by atoms with E-state index in [-0.39, 0.29) is 11.8 Å². The number of amides is 1. The van der Waals surface area contributed by atoms with E-state index in [1.807, 2.05) is 44.2 Å². The predicted molar refractivity (Wildman–Crippen MR) is 114 cm³/mol. The third-order valence-corrected chi connectivity index (χ3v) is 5.11. The van der Waals surface area contributed by atoms with Crippen LogP contribution in [0.25, 0.3) is 33.0 Å². The molecule has 150 valence electrons. The second kappa shape index (κ2) is 6.88. The van der Waals surface area contributed by atoms with E-state index in [1.165, 1.54) is 6.20 Å². The smallest absolute Gasteiger partial charge is 0.257 e. The maximum Gasteiger partial charge on any atom is 0.257 e. The molecular weight excluding hydrogens is 382 g/mol. The third kappa shape index (κ3) is 2.86. The molecule has 0 aliphatic rings. The molecule has 30 heavy (non-hydrogen) atoms. The number of methoxy groups -OCH3 is 1. The number of nitrogens with zero attached hydrogens (tertiary/aromatic N) is 2. The van der Waals surface area contributed by atoms with Crippen LogP contribution < -0.4 is 10.1 Å². The molecule has 0 unspecified atom stereocenters. The number of fused-ring (bicyclic) bond motifs is 4. The van der Waals surface area contributed by atoms with Gasteiger partial charge >= 0.3 is 0 Å². The van der Waals surface area contributed by atoms with Crippen molar-refractivity contribution in [2.45, 2.75) is 19.8 Å². The van der Waals surface area contributed by atoms with Gasteiger partial charge in [0.2, 0.25) is 0 Å². The maximum absolute atomic E-state index is 12.9. The summed E-state index contributed by atoms with van der Waals surface area (Å²) in [6.45, 7) is 4.02. The topological polar surface area (TPSA) is 90.4 Å². The number of nitrogens with one attached hydrogen (secondary N) is 1. The third-order valence-electron chi connectivity index (χ3n) is 5.11. The van der Waals surface area contributed by atoms with Crippen LogP contribution in [0, 0.1) is 0 Å². The van der Waals surface area contributed by atoms with E-state index < -0.39 is 0 Å². The standard InChI is InChI=1S/C23H19N3O4/c1-12(2)21-16-8-13(11-24-23(16)30-26-21)22(27)25-17-10-19-15(9-20(17)28-3)14-6-4-5-7-18(14)29-19/h4-12H,1-3H3,(H,25,27). The number of carbonyl (C=O) groups excluding carboxylic acids is 1. The molecule has 0 bridgehead atoms. The summed E-state index contributed by atoms with van der Waals surface area (Å²) in [6, 6.07) is 13.2. The summed E-state index contributed by atoms with van der Waals surface area (Å²) in [5.74, 6) is 0.389. The number of furan rings is 1. The molecule has 0 saturated carbocycles. The van der Waals surface area contributed by atoms with Crippen LogP contribution in [-0.4, -0.2) is 23.2 Å². The Balaban J connectivity index is 1.54. The van der Waals surface area contributed by atoms with Crippen LogP contribution in [0.2, 0.25) is 0 Å². The lowest BCUT2D eigenvalue weighted by Gasteiger charge is -2.10. The molecule has 3 aromatic heterocycles. The van der Waals surface area contributed by atoms with Crippen molar-refractivity contribution >= 4 is 44.6 Å². The zero-order valence-corrected chi connectivity index (χ0v) is 16.7. The Hall–Kier alpha value is -3.87. The van der Waals surface area contributed by atoms with E-state index in [1.54, 1.807) is 19.2 Å². The fraction of sp³-hybridized carbons (Fsp3) is 0.174. The minimum Gasteiger partial charge on any atom is -0.495 e. The first kappa shape index (κ1) is 18.2. The summed E-state index contributed by atoms with van der Waals surface area (Å²) in [5, 5.41) is 9.62. The first-order chi connectivity index (χ1) is 14.5. The number of anilines is 1. The molecule has 0 aliphatic carbocycles. The van der Waals surface area contributed by atoms with Crippen molar-refractivity contribution < 1.29 is 18.5 Å². The Morgan fingerprint density at radius 3 is 2.70 bits per heavy atom. The number of pyridine rings is 1. The summed E-state index contributed by atoms with van der Waals surface area (Å²) in [5.41, 5.74) is 3.55. The Bertz CT molecular complexity index is 1410. The van der Waals surface area contributed by atoms with Crippen molar-refractivity contribution in [2.75, 3.05) is 12.4 Å². The van der Waals surface area contributed by atoms with E-state index in [9.17, 15) is 4.79 Å². The zero-order valence-electron chi connectivity index (χ0n) is 16.7. The molecule has 0 fully saturated rings. The number of hydrogen-bond acceptors (Lipinski definition) is 6. The fourth-order valence-electron chi connectivity index (χ4n) is 3.60. The summed E-state index contributed by atoms with van der Waals surface area (Å²) >= 11 is 0. The van der Waals surface area contributed by atoms with Gasteiger partial charge in [0.15, 0.2) is 0 Å². The fourth-order valence-corrected chi connectivity index (χ4v) is 3.60. The largest absolute Gasteiger partial charge is 0.495 e. The molecule has 2 aromatic carbocycles. The lowest BCUT2D eigenvalue weighted by atomic mass is 10.1. The molecule has 1 amide bonds. The van der Waals surface area contributed by atoms with Gasteiger partial charge in [-0.15, -0.1) is 0 Å². The van der Waals surface area contributed by atoms with E-state index >= 15 is 0 Å². The van der Waals surface area contributed by atoms with Gasteiger partial charge in [0.25, 0.3) is 11.6 Å². The second-order valence-corrected chi connectivity index (χ2v) is 7.40. The first-order valence-electron chi connectivity index (χ1n) is 9.61. The molecule has 1 N–H and O–H groups in total. The van der Waals surface area contributed by atoms with E-state index in [2.05, 4.69) is 15.5 Å². The van der Waals surface area contributed by atoms with Crippen molar-refractivity contribution in [3.05, 3.63) is 59.9 Å². The van der Waals surface area contributed by atoms with Crippen LogP contribution in [0.15, 0.2) is 57.6 Å². The molecule has 5 aromatic rings. The van der Waals surface area contributed by atoms with Crippen molar-refractivity contribution in [3.63, 3.8) is 0 Å². The predicted octanol–water partition coefficient (Wildman–Crippen LogP) is 5.51. The van der Waals surface area contributed by atoms with Gasteiger partial charge in [0, 0.05) is 23.0 Å². The minimum absolute atomic E-state index is 0.155. The molecule has 0 saturated heterocycles. The monoisotopic (exact) mass is 401 g/mol. The molecular formula is C23H19N3O4. The number of carbonyl (C=O) groups is 1. The quantitative estimate of drug-likeness (QED) is 0.427. The Kier molecular flexibility index (Phi) is 4.17. The van der Waals surface area contributed by atoms with Gasteiger partial charge in [0.1, 0.15) is 16.9 Å². The summed E-state index contributed by atoms with van der Waals surface area (Å²) in [6.07, 6.45) is 1.47. The number of benzene rings is 2. The molecule has 0 spiro atoms. The van der Waals surface area contributed by atoms with E-state index in [4.69, 9.17) is 13.7 Å². The highest BCUT2D eigenvalue weighted by atomic mass is 16.5. The summed E-state index contributed by atoms with van der Waals surface area (Å²) in [4.78, 5) is 17.2. The van der Waals surface area contributed by atoms with Crippen molar-refractivity contribution in [2.24, 2.45) is 0 Å². The van der Waals surface area contributed by atoms with Gasteiger partial charge in [-0.2, -0.15) is 0 Å². The van der Waals surface area contributed by atoms with Crippen molar-refractivity contribution in [3.8, 4) is 5.75 Å². The van der Waals surface area contributed by atoms with Gasteiger partial charge in [-0.25, -0.2) is 4.98 Å². The molecule has 5 rings (SSSR count). The Morgan fingerprint density at radius 1 is 1.07 bits per heavy atom. The number of aromatic nitrogens is 2. The van der Waals surface area contributed by atoms with Crippen LogP contribution in [0.3, 0.4) is 0 Å². The molecule has 7 heteroatoms. The minimum atomic E-state index is -0.311. The lowest BCUT2D eigenvalue weighted by molar-refractivity contribution is 0.102. The van der Waals surface area contributed by atoms with Crippen molar-refractivity contribution in [1.82, 2.24) is 10.1 Å². The first-order valence-corrected chi connectivity index (χ1v) is 9.61. The maximum atomic E-state index is 12.9. The average molecular weight is 401 g/mol. The van der Waals surface area contributed by atoms with Gasteiger partial charge in [-0.3, -0.25) is 4.79 Å². The van der Waals surface area contributed by atoms with Crippen LogP contribution in [-0.2, 0) is 0 Å². The number of ether oxygens (including phenoxy) is 1. The Morgan fingerprint density at radius 2 is 1.90 bits per heavy atom. The van der Waals surface area contributed by atoms with E-state index in [0.717, 1.165) is 27.4 Å². The number of para-hydroxylation sites is 1. The summed E-state index contributed by atoms with van der Waals surface area (Å²) < 4.78 is 16.7. The highest BCUT2D eigenvalue weighted by Gasteiger charge is 2.18. The van der Waals surface area contributed by atoms with Crippen LogP contribution in [0.5, 0.6) is 5.75 Å². The SMILES string of the molecule is COc1cc2c(cc1NC(=O)c1cnc3onc(C(C)C)c3c1)oc1ccccc12. The molecule has 3 heterocycles.